The lowest BCUT2D eigenvalue weighted by molar-refractivity contribution is -0.154. The van der Waals surface area contributed by atoms with Gasteiger partial charge < -0.3 is 15.5 Å². The van der Waals surface area contributed by atoms with Gasteiger partial charge >= 0.3 is 0 Å². The molecule has 1 heterocycles. The van der Waals surface area contributed by atoms with E-state index in [0.717, 1.165) is 3.57 Å². The van der Waals surface area contributed by atoms with Crippen molar-refractivity contribution in [2.45, 2.75) is 6.29 Å². The second-order valence-corrected chi connectivity index (χ2v) is 5.60. The number of nitrogens with zero attached hydrogens (tertiary/aromatic N) is 1. The first-order valence-corrected chi connectivity index (χ1v) is 7.50. The lowest BCUT2D eigenvalue weighted by Crippen LogP contribution is -2.31. The number of halogens is 2. The van der Waals surface area contributed by atoms with Crippen molar-refractivity contribution in [3.8, 4) is 0 Å². The SMILES string of the molecule is O=C(NO[C@@H](O)CO)c1ccncc1Nc1ccc(I)cc1F. The summed E-state index contributed by atoms with van der Waals surface area (Å²) in [5.41, 5.74) is 2.56. The summed E-state index contributed by atoms with van der Waals surface area (Å²) in [6.45, 7) is -0.671. The van der Waals surface area contributed by atoms with Gasteiger partial charge in [0.1, 0.15) is 5.82 Å². The van der Waals surface area contributed by atoms with E-state index < -0.39 is 24.6 Å². The van der Waals surface area contributed by atoms with Crippen molar-refractivity contribution in [3.05, 3.63) is 51.6 Å². The molecule has 1 aromatic carbocycles. The highest BCUT2D eigenvalue weighted by Crippen LogP contribution is 2.23. The fourth-order valence-corrected chi connectivity index (χ4v) is 2.09. The minimum atomic E-state index is -1.54. The Labute approximate surface area is 144 Å². The number of amides is 1. The van der Waals surface area contributed by atoms with Gasteiger partial charge in [-0.25, -0.2) is 14.7 Å². The summed E-state index contributed by atoms with van der Waals surface area (Å²) in [6, 6.07) is 6.00. The van der Waals surface area contributed by atoms with Crippen molar-refractivity contribution in [2.75, 3.05) is 11.9 Å². The maximum atomic E-state index is 13.9. The summed E-state index contributed by atoms with van der Waals surface area (Å²) in [5, 5.41) is 20.5. The average Bonchev–Trinajstić information content (AvgIpc) is 2.55. The van der Waals surface area contributed by atoms with Gasteiger partial charge in [-0.2, -0.15) is 0 Å². The van der Waals surface area contributed by atoms with E-state index in [9.17, 15) is 9.18 Å². The molecule has 0 aliphatic rings. The van der Waals surface area contributed by atoms with Gasteiger partial charge in [0.05, 0.1) is 29.7 Å². The number of carbonyl (C=O) groups excluding carboxylic acids is 1. The lowest BCUT2D eigenvalue weighted by atomic mass is 10.2. The standard InChI is InChI=1S/C14H13FIN3O4/c15-10-5-8(16)1-2-11(10)18-12-6-17-4-3-9(12)14(22)19-23-13(21)7-20/h1-6,13,18,20-21H,7H2,(H,19,22)/t13-/m1/s1. The number of aliphatic hydroxyl groups is 2. The summed E-state index contributed by atoms with van der Waals surface area (Å²) in [4.78, 5) is 20.4. The largest absolute Gasteiger partial charge is 0.391 e. The molecule has 0 saturated heterocycles. The van der Waals surface area contributed by atoms with Gasteiger partial charge in [0.2, 0.25) is 6.29 Å². The van der Waals surface area contributed by atoms with Gasteiger partial charge in [-0.3, -0.25) is 9.78 Å². The monoisotopic (exact) mass is 433 g/mol. The summed E-state index contributed by atoms with van der Waals surface area (Å²) in [5.74, 6) is -1.16. The summed E-state index contributed by atoms with van der Waals surface area (Å²) < 4.78 is 14.6. The van der Waals surface area contributed by atoms with Gasteiger partial charge in [-0.05, 0) is 46.9 Å². The molecule has 1 aromatic heterocycles. The third-order valence-corrected chi connectivity index (χ3v) is 3.38. The minimum Gasteiger partial charge on any atom is -0.391 e. The molecule has 0 fully saturated rings. The molecule has 0 aliphatic carbocycles. The van der Waals surface area contributed by atoms with E-state index in [2.05, 4.69) is 15.1 Å². The van der Waals surface area contributed by atoms with Crippen LogP contribution in [0.25, 0.3) is 0 Å². The minimum absolute atomic E-state index is 0.128. The molecular formula is C14H13FIN3O4. The molecule has 23 heavy (non-hydrogen) atoms. The number of aromatic nitrogens is 1. The van der Waals surface area contributed by atoms with Crippen LogP contribution in [-0.4, -0.2) is 34.0 Å². The van der Waals surface area contributed by atoms with E-state index in [4.69, 9.17) is 10.2 Å². The molecule has 0 spiro atoms. The van der Waals surface area contributed by atoms with Crippen molar-refractivity contribution < 1.29 is 24.2 Å². The number of anilines is 2. The highest BCUT2D eigenvalue weighted by molar-refractivity contribution is 14.1. The number of carbonyl (C=O) groups is 1. The Bertz CT molecular complexity index is 701. The summed E-state index contributed by atoms with van der Waals surface area (Å²) in [7, 11) is 0. The maximum Gasteiger partial charge on any atom is 0.277 e. The second kappa shape index (κ2) is 8.15. The topological polar surface area (TPSA) is 104 Å². The Balaban J connectivity index is 2.18. The third kappa shape index (κ3) is 4.82. The predicted molar refractivity (Wildman–Crippen MR) is 88.3 cm³/mol. The Morgan fingerprint density at radius 1 is 1.39 bits per heavy atom. The van der Waals surface area contributed by atoms with E-state index in [0.29, 0.717) is 0 Å². The van der Waals surface area contributed by atoms with Crippen molar-refractivity contribution in [1.82, 2.24) is 10.5 Å². The van der Waals surface area contributed by atoms with E-state index in [1.807, 2.05) is 28.1 Å². The molecule has 0 aliphatic heterocycles. The van der Waals surface area contributed by atoms with Gasteiger partial charge in [-0.1, -0.05) is 0 Å². The van der Waals surface area contributed by atoms with E-state index in [1.54, 1.807) is 6.07 Å². The van der Waals surface area contributed by atoms with E-state index in [-0.39, 0.29) is 16.9 Å². The van der Waals surface area contributed by atoms with Crippen molar-refractivity contribution in [3.63, 3.8) is 0 Å². The Morgan fingerprint density at radius 3 is 2.87 bits per heavy atom. The molecule has 0 unspecified atom stereocenters. The molecule has 4 N–H and O–H groups in total. The first-order valence-electron chi connectivity index (χ1n) is 6.42. The first-order chi connectivity index (χ1) is 11.0. The quantitative estimate of drug-likeness (QED) is 0.313. The zero-order chi connectivity index (χ0) is 16.8. The molecule has 2 rings (SSSR count). The maximum absolute atomic E-state index is 13.9. The zero-order valence-electron chi connectivity index (χ0n) is 11.7. The predicted octanol–water partition coefficient (Wildman–Crippen LogP) is 1.54. The van der Waals surface area contributed by atoms with Crippen LogP contribution in [0.15, 0.2) is 36.7 Å². The molecule has 0 saturated carbocycles. The Hall–Kier alpha value is -1.82. The van der Waals surface area contributed by atoms with Gasteiger partial charge in [-0.15, -0.1) is 0 Å². The number of pyridine rings is 1. The van der Waals surface area contributed by atoms with Crippen LogP contribution in [0.1, 0.15) is 10.4 Å². The first kappa shape index (κ1) is 17.5. The van der Waals surface area contributed by atoms with E-state index >= 15 is 0 Å². The van der Waals surface area contributed by atoms with Crippen LogP contribution in [0.5, 0.6) is 0 Å². The molecular weight excluding hydrogens is 420 g/mol. The van der Waals surface area contributed by atoms with Crippen LogP contribution in [-0.2, 0) is 4.84 Å². The number of hydrogen-bond donors (Lipinski definition) is 4. The third-order valence-electron chi connectivity index (χ3n) is 2.71. The average molecular weight is 433 g/mol. The molecule has 7 nitrogen and oxygen atoms in total. The lowest BCUT2D eigenvalue weighted by Gasteiger charge is -2.13. The number of hydrogen-bond acceptors (Lipinski definition) is 6. The number of aliphatic hydroxyl groups excluding tert-OH is 2. The molecule has 122 valence electrons. The molecule has 0 bridgehead atoms. The normalized spacial score (nSPS) is 11.8. The van der Waals surface area contributed by atoms with Gasteiger partial charge in [0.25, 0.3) is 5.91 Å². The van der Waals surface area contributed by atoms with Crippen LogP contribution in [0.4, 0.5) is 15.8 Å². The van der Waals surface area contributed by atoms with Crippen molar-refractivity contribution in [1.29, 1.82) is 0 Å². The van der Waals surface area contributed by atoms with Gasteiger partial charge in [0.15, 0.2) is 0 Å². The number of nitrogens with one attached hydrogen (secondary N) is 2. The molecule has 1 atom stereocenters. The van der Waals surface area contributed by atoms with E-state index in [1.165, 1.54) is 30.6 Å². The molecule has 0 radical (unpaired) electrons. The van der Waals surface area contributed by atoms with Crippen LogP contribution < -0.4 is 10.8 Å². The summed E-state index contributed by atoms with van der Waals surface area (Å²) in [6.07, 6.45) is 1.20. The fraction of sp³-hybridized carbons (Fsp3) is 0.143. The van der Waals surface area contributed by atoms with Gasteiger partial charge in [0, 0.05) is 9.77 Å². The zero-order valence-corrected chi connectivity index (χ0v) is 13.8. The van der Waals surface area contributed by atoms with Crippen LogP contribution in [0.2, 0.25) is 0 Å². The Morgan fingerprint density at radius 2 is 2.17 bits per heavy atom. The van der Waals surface area contributed by atoms with Crippen LogP contribution in [0.3, 0.4) is 0 Å². The van der Waals surface area contributed by atoms with Crippen LogP contribution >= 0.6 is 22.6 Å². The molecule has 2 aromatic rings. The molecule has 1 amide bonds. The Kier molecular flexibility index (Phi) is 6.21. The highest BCUT2D eigenvalue weighted by atomic mass is 127. The number of rotatable bonds is 6. The number of benzene rings is 1. The summed E-state index contributed by atoms with van der Waals surface area (Å²) >= 11 is 1.99. The fourth-order valence-electron chi connectivity index (χ4n) is 1.64. The molecule has 9 heteroatoms. The second-order valence-electron chi connectivity index (χ2n) is 4.36. The highest BCUT2D eigenvalue weighted by Gasteiger charge is 2.14. The smallest absolute Gasteiger partial charge is 0.277 e. The van der Waals surface area contributed by atoms with Crippen molar-refractivity contribution in [2.24, 2.45) is 0 Å². The number of hydroxylamine groups is 1. The van der Waals surface area contributed by atoms with Crippen molar-refractivity contribution >= 4 is 39.9 Å². The van der Waals surface area contributed by atoms with Crippen LogP contribution in [0, 0.1) is 9.39 Å².